The second-order valence-electron chi connectivity index (χ2n) is 6.55. The highest BCUT2D eigenvalue weighted by Crippen LogP contribution is 2.37. The van der Waals surface area contributed by atoms with Gasteiger partial charge in [-0.05, 0) is 34.1 Å². The Morgan fingerprint density at radius 1 is 1.26 bits per heavy atom. The van der Waals surface area contributed by atoms with E-state index in [-0.39, 0.29) is 11.2 Å². The highest BCUT2D eigenvalue weighted by atomic mass is 16.5. The molecule has 5 nitrogen and oxygen atoms in total. The maximum Gasteiger partial charge on any atom is 0.146 e. The predicted molar refractivity (Wildman–Crippen MR) is 74.9 cm³/mol. The molecule has 0 saturated carbocycles. The topological polar surface area (TPSA) is 52.0 Å². The summed E-state index contributed by atoms with van der Waals surface area (Å²) in [5, 5.41) is 12.0. The van der Waals surface area contributed by atoms with Gasteiger partial charge in [-0.3, -0.25) is 0 Å². The molecule has 1 aromatic heterocycles. The predicted octanol–water partition coefficient (Wildman–Crippen LogP) is 1.81. The Labute approximate surface area is 115 Å². The Bertz CT molecular complexity index is 450. The van der Waals surface area contributed by atoms with Crippen LogP contribution < -0.4 is 5.32 Å². The standard InChI is InChI=1S/C14H26N4O/c1-7-11-16-17-12(18(11)6)9-15-10-8-13(2,3)19-14(10,4)5/h10,15H,7-9H2,1-6H3/t10-/m1/s1. The number of nitrogens with one attached hydrogen (secondary N) is 1. The zero-order valence-corrected chi connectivity index (χ0v) is 12.9. The highest BCUT2D eigenvalue weighted by Gasteiger charge is 2.45. The molecule has 0 aliphatic carbocycles. The maximum absolute atomic E-state index is 6.09. The number of hydrogen-bond donors (Lipinski definition) is 1. The summed E-state index contributed by atoms with van der Waals surface area (Å²) >= 11 is 0. The van der Waals surface area contributed by atoms with Crippen LogP contribution >= 0.6 is 0 Å². The lowest BCUT2D eigenvalue weighted by atomic mass is 9.94. The van der Waals surface area contributed by atoms with Gasteiger partial charge in [0, 0.05) is 19.5 Å². The lowest BCUT2D eigenvalue weighted by molar-refractivity contribution is -0.0699. The summed E-state index contributed by atoms with van der Waals surface area (Å²) in [6.45, 7) is 11.4. The van der Waals surface area contributed by atoms with Crippen LogP contribution in [0.4, 0.5) is 0 Å². The van der Waals surface area contributed by atoms with Crippen molar-refractivity contribution < 1.29 is 4.74 Å². The molecule has 0 bridgehead atoms. The van der Waals surface area contributed by atoms with Crippen molar-refractivity contribution in [2.24, 2.45) is 7.05 Å². The summed E-state index contributed by atoms with van der Waals surface area (Å²) in [7, 11) is 2.02. The first kappa shape index (κ1) is 14.5. The quantitative estimate of drug-likeness (QED) is 0.903. The third kappa shape index (κ3) is 2.98. The first-order valence-electron chi connectivity index (χ1n) is 7.06. The van der Waals surface area contributed by atoms with Gasteiger partial charge in [0.2, 0.25) is 0 Å². The Hall–Kier alpha value is -0.940. The largest absolute Gasteiger partial charge is 0.368 e. The van der Waals surface area contributed by atoms with Crippen LogP contribution in [0.3, 0.4) is 0 Å². The summed E-state index contributed by atoms with van der Waals surface area (Å²) in [5.74, 6) is 2.01. The Kier molecular flexibility index (Phi) is 3.71. The van der Waals surface area contributed by atoms with E-state index in [0.717, 1.165) is 31.0 Å². The SMILES string of the molecule is CCc1nnc(CN[C@@H]2CC(C)(C)OC2(C)C)n1C. The molecule has 1 atom stereocenters. The molecular formula is C14H26N4O. The van der Waals surface area contributed by atoms with E-state index in [1.165, 1.54) is 0 Å². The molecule has 0 spiro atoms. The summed E-state index contributed by atoms with van der Waals surface area (Å²) in [6, 6.07) is 0.337. The van der Waals surface area contributed by atoms with Crippen molar-refractivity contribution in [3.63, 3.8) is 0 Å². The molecule has 5 heteroatoms. The number of aryl methyl sites for hydroxylation is 1. The first-order valence-corrected chi connectivity index (χ1v) is 7.06. The molecule has 0 radical (unpaired) electrons. The highest BCUT2D eigenvalue weighted by molar-refractivity contribution is 5.01. The summed E-state index contributed by atoms with van der Waals surface area (Å²) in [6.07, 6.45) is 1.92. The van der Waals surface area contributed by atoms with Crippen molar-refractivity contribution in [1.82, 2.24) is 20.1 Å². The smallest absolute Gasteiger partial charge is 0.146 e. The maximum atomic E-state index is 6.09. The Morgan fingerprint density at radius 2 is 1.89 bits per heavy atom. The molecule has 0 unspecified atom stereocenters. The van der Waals surface area contributed by atoms with Gasteiger partial charge in [-0.2, -0.15) is 0 Å². The van der Waals surface area contributed by atoms with Crippen LogP contribution in [-0.2, 0) is 24.8 Å². The molecule has 1 saturated heterocycles. The number of aromatic nitrogens is 3. The van der Waals surface area contributed by atoms with E-state index in [1.807, 2.05) is 7.05 Å². The molecule has 2 heterocycles. The molecule has 1 aliphatic heterocycles. The van der Waals surface area contributed by atoms with Crippen LogP contribution in [0.15, 0.2) is 0 Å². The minimum atomic E-state index is -0.143. The second-order valence-corrected chi connectivity index (χ2v) is 6.55. The Morgan fingerprint density at radius 3 is 2.37 bits per heavy atom. The van der Waals surface area contributed by atoms with Crippen LogP contribution in [0.5, 0.6) is 0 Å². The monoisotopic (exact) mass is 266 g/mol. The van der Waals surface area contributed by atoms with Crippen LogP contribution in [-0.4, -0.2) is 32.0 Å². The van der Waals surface area contributed by atoms with Gasteiger partial charge in [0.25, 0.3) is 0 Å². The van der Waals surface area contributed by atoms with Crippen molar-refractivity contribution in [3.05, 3.63) is 11.6 Å². The molecule has 1 N–H and O–H groups in total. The number of rotatable bonds is 4. The fraction of sp³-hybridized carbons (Fsp3) is 0.857. The molecule has 1 fully saturated rings. The number of ether oxygens (including phenoxy) is 1. The van der Waals surface area contributed by atoms with E-state index in [0.29, 0.717) is 6.04 Å². The summed E-state index contributed by atoms with van der Waals surface area (Å²) in [4.78, 5) is 0. The van der Waals surface area contributed by atoms with Gasteiger partial charge in [0.05, 0.1) is 17.7 Å². The zero-order valence-electron chi connectivity index (χ0n) is 12.9. The molecule has 2 rings (SSSR count). The fourth-order valence-corrected chi connectivity index (χ4v) is 2.96. The Balaban J connectivity index is 2.01. The summed E-state index contributed by atoms with van der Waals surface area (Å²) in [5.41, 5.74) is -0.203. The van der Waals surface area contributed by atoms with Crippen molar-refractivity contribution in [3.8, 4) is 0 Å². The molecule has 0 amide bonds. The molecule has 0 aromatic carbocycles. The first-order chi connectivity index (χ1) is 8.75. The lowest BCUT2D eigenvalue weighted by Crippen LogP contribution is -2.43. The van der Waals surface area contributed by atoms with Gasteiger partial charge >= 0.3 is 0 Å². The van der Waals surface area contributed by atoms with Crippen LogP contribution in [0.1, 0.15) is 52.7 Å². The molecular weight excluding hydrogens is 240 g/mol. The van der Waals surface area contributed by atoms with Crippen molar-refractivity contribution in [2.75, 3.05) is 0 Å². The van der Waals surface area contributed by atoms with Gasteiger partial charge in [-0.25, -0.2) is 0 Å². The van der Waals surface area contributed by atoms with Crippen molar-refractivity contribution in [2.45, 2.75) is 71.2 Å². The van der Waals surface area contributed by atoms with E-state index in [2.05, 4.69) is 54.7 Å². The molecule has 1 aliphatic rings. The van der Waals surface area contributed by atoms with Crippen LogP contribution in [0.2, 0.25) is 0 Å². The van der Waals surface area contributed by atoms with Gasteiger partial charge in [0.1, 0.15) is 11.6 Å². The minimum Gasteiger partial charge on any atom is -0.368 e. The minimum absolute atomic E-state index is 0.0599. The average Bonchev–Trinajstić information content (AvgIpc) is 2.73. The normalized spacial score (nSPS) is 24.8. The fourth-order valence-electron chi connectivity index (χ4n) is 2.96. The number of nitrogens with zero attached hydrogens (tertiary/aromatic N) is 3. The van der Waals surface area contributed by atoms with E-state index in [4.69, 9.17) is 4.74 Å². The van der Waals surface area contributed by atoms with E-state index < -0.39 is 0 Å². The van der Waals surface area contributed by atoms with Gasteiger partial charge in [-0.15, -0.1) is 10.2 Å². The van der Waals surface area contributed by atoms with Crippen LogP contribution in [0, 0.1) is 0 Å². The molecule has 108 valence electrons. The molecule has 19 heavy (non-hydrogen) atoms. The zero-order chi connectivity index (χ0) is 14.3. The van der Waals surface area contributed by atoms with Gasteiger partial charge in [-0.1, -0.05) is 6.92 Å². The van der Waals surface area contributed by atoms with Crippen molar-refractivity contribution >= 4 is 0 Å². The third-order valence-electron chi connectivity index (χ3n) is 3.95. The van der Waals surface area contributed by atoms with E-state index in [9.17, 15) is 0 Å². The third-order valence-corrected chi connectivity index (χ3v) is 3.95. The number of hydrogen-bond acceptors (Lipinski definition) is 4. The van der Waals surface area contributed by atoms with Gasteiger partial charge < -0.3 is 14.6 Å². The van der Waals surface area contributed by atoms with E-state index in [1.54, 1.807) is 0 Å². The lowest BCUT2D eigenvalue weighted by Gasteiger charge is -2.27. The van der Waals surface area contributed by atoms with Crippen molar-refractivity contribution in [1.29, 1.82) is 0 Å². The van der Waals surface area contributed by atoms with Gasteiger partial charge in [0.15, 0.2) is 0 Å². The van der Waals surface area contributed by atoms with Crippen LogP contribution in [0.25, 0.3) is 0 Å². The van der Waals surface area contributed by atoms with E-state index >= 15 is 0 Å². The summed E-state index contributed by atoms with van der Waals surface area (Å²) < 4.78 is 8.16. The average molecular weight is 266 g/mol. The second kappa shape index (κ2) is 4.87. The molecule has 1 aromatic rings.